The number of thiophene rings is 1. The van der Waals surface area contributed by atoms with E-state index < -0.39 is 5.60 Å². The van der Waals surface area contributed by atoms with Crippen LogP contribution in [0.2, 0.25) is 0 Å². The predicted octanol–water partition coefficient (Wildman–Crippen LogP) is 2.59. The molecule has 0 spiro atoms. The van der Waals surface area contributed by atoms with Gasteiger partial charge in [0.05, 0.1) is 0 Å². The van der Waals surface area contributed by atoms with Crippen molar-refractivity contribution in [3.63, 3.8) is 0 Å². The minimum atomic E-state index is -0.469. The number of aliphatic hydroxyl groups is 1. The van der Waals surface area contributed by atoms with E-state index in [-0.39, 0.29) is 0 Å². The van der Waals surface area contributed by atoms with Crippen molar-refractivity contribution in [2.24, 2.45) is 5.92 Å². The molecule has 2 atom stereocenters. The maximum absolute atomic E-state index is 10.0. The van der Waals surface area contributed by atoms with Gasteiger partial charge in [-0.1, -0.05) is 6.92 Å². The molecule has 0 aromatic carbocycles. The highest BCUT2D eigenvalue weighted by Gasteiger charge is 2.52. The van der Waals surface area contributed by atoms with Crippen molar-refractivity contribution in [2.75, 3.05) is 0 Å². The van der Waals surface area contributed by atoms with E-state index in [0.29, 0.717) is 5.92 Å². The number of aryl methyl sites for hydroxylation is 2. The molecule has 1 fully saturated rings. The highest BCUT2D eigenvalue weighted by molar-refractivity contribution is 7.12. The number of hydrogen-bond donors (Lipinski definition) is 1. The summed E-state index contributed by atoms with van der Waals surface area (Å²) in [4.78, 5) is 2.49. The van der Waals surface area contributed by atoms with E-state index in [1.807, 2.05) is 0 Å². The number of rotatable bonds is 1. The van der Waals surface area contributed by atoms with Gasteiger partial charge < -0.3 is 5.11 Å². The lowest BCUT2D eigenvalue weighted by Crippen LogP contribution is -2.04. The summed E-state index contributed by atoms with van der Waals surface area (Å²) in [6.07, 6.45) is 0.937. The quantitative estimate of drug-likeness (QED) is 0.707. The van der Waals surface area contributed by atoms with Crippen LogP contribution in [-0.4, -0.2) is 5.11 Å². The lowest BCUT2D eigenvalue weighted by molar-refractivity contribution is 0.138. The second-order valence-electron chi connectivity index (χ2n) is 3.88. The Hall–Kier alpha value is -0.340. The van der Waals surface area contributed by atoms with Crippen LogP contribution in [0.25, 0.3) is 0 Å². The van der Waals surface area contributed by atoms with E-state index in [4.69, 9.17) is 0 Å². The Bertz CT molecular complexity index is 296. The highest BCUT2D eigenvalue weighted by Crippen LogP contribution is 2.53. The molecule has 1 N–H and O–H groups in total. The molecule has 2 heteroatoms. The maximum Gasteiger partial charge on any atom is 0.102 e. The van der Waals surface area contributed by atoms with Crippen LogP contribution in [0.1, 0.15) is 28.7 Å². The van der Waals surface area contributed by atoms with Crippen LogP contribution in [0.3, 0.4) is 0 Å². The van der Waals surface area contributed by atoms with Gasteiger partial charge in [0.25, 0.3) is 0 Å². The Morgan fingerprint density at radius 2 is 2.17 bits per heavy atom. The molecule has 1 aliphatic carbocycles. The first-order chi connectivity index (χ1) is 5.54. The molecule has 1 heterocycles. The van der Waals surface area contributed by atoms with Gasteiger partial charge in [0.2, 0.25) is 0 Å². The Kier molecular flexibility index (Phi) is 1.61. The van der Waals surface area contributed by atoms with Crippen LogP contribution >= 0.6 is 11.3 Å². The second-order valence-corrected chi connectivity index (χ2v) is 5.14. The predicted molar refractivity (Wildman–Crippen MR) is 51.5 cm³/mol. The molecule has 2 unspecified atom stereocenters. The molecule has 0 aliphatic heterocycles. The zero-order valence-corrected chi connectivity index (χ0v) is 8.53. The van der Waals surface area contributed by atoms with Gasteiger partial charge in [-0.3, -0.25) is 0 Å². The Morgan fingerprint density at radius 3 is 2.50 bits per heavy atom. The molecule has 1 aromatic rings. The molecule has 1 saturated carbocycles. The van der Waals surface area contributed by atoms with Crippen molar-refractivity contribution in [3.8, 4) is 0 Å². The summed E-state index contributed by atoms with van der Waals surface area (Å²) in [7, 11) is 0. The van der Waals surface area contributed by atoms with Crippen molar-refractivity contribution >= 4 is 11.3 Å². The first-order valence-electron chi connectivity index (χ1n) is 4.34. The summed E-state index contributed by atoms with van der Waals surface area (Å²) >= 11 is 1.74. The van der Waals surface area contributed by atoms with E-state index in [1.54, 1.807) is 11.3 Å². The Balaban J connectivity index is 2.36. The van der Waals surface area contributed by atoms with Crippen molar-refractivity contribution in [3.05, 3.63) is 21.4 Å². The molecule has 66 valence electrons. The van der Waals surface area contributed by atoms with Crippen LogP contribution in [0.5, 0.6) is 0 Å². The average molecular weight is 182 g/mol. The molecule has 1 aliphatic rings. The molecular weight excluding hydrogens is 168 g/mol. The van der Waals surface area contributed by atoms with Crippen molar-refractivity contribution < 1.29 is 5.11 Å². The average Bonchev–Trinajstić information content (AvgIpc) is 2.44. The zero-order valence-electron chi connectivity index (χ0n) is 7.72. The molecule has 0 radical (unpaired) electrons. The summed E-state index contributed by atoms with van der Waals surface area (Å²) in [5.41, 5.74) is 0.839. The largest absolute Gasteiger partial charge is 0.384 e. The van der Waals surface area contributed by atoms with E-state index in [2.05, 4.69) is 26.8 Å². The van der Waals surface area contributed by atoms with Gasteiger partial charge in [-0.15, -0.1) is 11.3 Å². The molecule has 1 nitrogen and oxygen atoms in total. The Labute approximate surface area is 77.0 Å². The molecule has 1 aromatic heterocycles. The van der Waals surface area contributed by atoms with Gasteiger partial charge >= 0.3 is 0 Å². The van der Waals surface area contributed by atoms with Gasteiger partial charge in [0.1, 0.15) is 5.60 Å². The lowest BCUT2D eigenvalue weighted by atomic mass is 10.2. The summed E-state index contributed by atoms with van der Waals surface area (Å²) in [6.45, 7) is 6.32. The minimum Gasteiger partial charge on any atom is -0.384 e. The van der Waals surface area contributed by atoms with Crippen LogP contribution in [0, 0.1) is 19.8 Å². The first-order valence-corrected chi connectivity index (χ1v) is 5.15. The molecule has 2 rings (SSSR count). The van der Waals surface area contributed by atoms with E-state index in [9.17, 15) is 5.11 Å². The third kappa shape index (κ3) is 1.02. The molecule has 0 saturated heterocycles. The summed E-state index contributed by atoms with van der Waals surface area (Å²) in [6, 6.07) is 2.13. The maximum atomic E-state index is 10.0. The van der Waals surface area contributed by atoms with Crippen LogP contribution < -0.4 is 0 Å². The van der Waals surface area contributed by atoms with Gasteiger partial charge in [0.15, 0.2) is 0 Å². The summed E-state index contributed by atoms with van der Waals surface area (Å²) < 4.78 is 0. The molecule has 0 bridgehead atoms. The minimum absolute atomic E-state index is 0.454. The summed E-state index contributed by atoms with van der Waals surface area (Å²) in [5, 5.41) is 10.0. The van der Waals surface area contributed by atoms with E-state index in [1.165, 1.54) is 10.4 Å². The van der Waals surface area contributed by atoms with Crippen LogP contribution in [-0.2, 0) is 5.60 Å². The third-order valence-electron chi connectivity index (χ3n) is 2.87. The molecule has 0 amide bonds. The first kappa shape index (κ1) is 8.27. The van der Waals surface area contributed by atoms with E-state index >= 15 is 0 Å². The fourth-order valence-corrected chi connectivity index (χ4v) is 2.78. The van der Waals surface area contributed by atoms with Gasteiger partial charge in [-0.05, 0) is 37.8 Å². The Morgan fingerprint density at radius 1 is 1.58 bits per heavy atom. The standard InChI is InChI=1S/C10H14OS/c1-6-4-9(12-8(6)3)10(11)5-7(10)2/h4,7,11H,5H2,1-3H3. The monoisotopic (exact) mass is 182 g/mol. The fraction of sp³-hybridized carbons (Fsp3) is 0.600. The third-order valence-corrected chi connectivity index (χ3v) is 4.18. The van der Waals surface area contributed by atoms with Crippen molar-refractivity contribution in [1.29, 1.82) is 0 Å². The number of hydrogen-bond acceptors (Lipinski definition) is 2. The van der Waals surface area contributed by atoms with E-state index in [0.717, 1.165) is 11.3 Å². The van der Waals surface area contributed by atoms with Gasteiger partial charge in [-0.2, -0.15) is 0 Å². The highest BCUT2D eigenvalue weighted by atomic mass is 32.1. The smallest absolute Gasteiger partial charge is 0.102 e. The lowest BCUT2D eigenvalue weighted by Gasteiger charge is -2.03. The topological polar surface area (TPSA) is 20.2 Å². The van der Waals surface area contributed by atoms with Crippen LogP contribution in [0.15, 0.2) is 6.07 Å². The SMILES string of the molecule is Cc1cc(C2(O)CC2C)sc1C. The van der Waals surface area contributed by atoms with Crippen molar-refractivity contribution in [1.82, 2.24) is 0 Å². The molecule has 12 heavy (non-hydrogen) atoms. The van der Waals surface area contributed by atoms with Gasteiger partial charge in [-0.25, -0.2) is 0 Å². The molecular formula is C10H14OS. The van der Waals surface area contributed by atoms with Crippen LogP contribution in [0.4, 0.5) is 0 Å². The second kappa shape index (κ2) is 2.33. The normalized spacial score (nSPS) is 33.8. The summed E-state index contributed by atoms with van der Waals surface area (Å²) in [5.74, 6) is 0.454. The fourth-order valence-electron chi connectivity index (χ4n) is 1.54. The van der Waals surface area contributed by atoms with Gasteiger partial charge in [0, 0.05) is 9.75 Å². The van der Waals surface area contributed by atoms with Crippen molar-refractivity contribution in [2.45, 2.75) is 32.8 Å². The zero-order chi connectivity index (χ0) is 8.93.